The highest BCUT2D eigenvalue weighted by atomic mass is 32.2. The lowest BCUT2D eigenvalue weighted by molar-refractivity contribution is 0.282. The van der Waals surface area contributed by atoms with Crippen LogP contribution >= 0.6 is 0 Å². The second-order valence-electron chi connectivity index (χ2n) is 5.24. The molecule has 2 N–H and O–H groups in total. The number of sulfonamides is 1. The Labute approximate surface area is 124 Å². The fourth-order valence-electron chi connectivity index (χ4n) is 2.62. The molecule has 0 saturated heterocycles. The van der Waals surface area contributed by atoms with E-state index < -0.39 is 10.0 Å². The maximum Gasteiger partial charge on any atom is 0.261 e. The van der Waals surface area contributed by atoms with E-state index in [0.717, 1.165) is 19.3 Å². The normalized spacial score (nSPS) is 14.0. The van der Waals surface area contributed by atoms with Crippen molar-refractivity contribution in [3.05, 3.63) is 59.2 Å². The Morgan fingerprint density at radius 2 is 1.71 bits per heavy atom. The number of aliphatic hydroxyl groups excluding tert-OH is 1. The molecule has 0 amide bonds. The van der Waals surface area contributed by atoms with Crippen molar-refractivity contribution in [3.8, 4) is 0 Å². The Balaban J connectivity index is 1.85. The minimum Gasteiger partial charge on any atom is -0.392 e. The van der Waals surface area contributed by atoms with Crippen molar-refractivity contribution in [3.63, 3.8) is 0 Å². The van der Waals surface area contributed by atoms with Crippen molar-refractivity contribution in [1.29, 1.82) is 0 Å². The third-order valence-electron chi connectivity index (χ3n) is 3.77. The Hall–Kier alpha value is -1.85. The van der Waals surface area contributed by atoms with Gasteiger partial charge in [-0.25, -0.2) is 8.42 Å². The van der Waals surface area contributed by atoms with Crippen LogP contribution in [0.15, 0.2) is 47.4 Å². The first-order valence-electron chi connectivity index (χ1n) is 6.93. The van der Waals surface area contributed by atoms with Gasteiger partial charge in [-0.1, -0.05) is 18.2 Å². The van der Waals surface area contributed by atoms with Crippen LogP contribution in [-0.4, -0.2) is 13.5 Å². The summed E-state index contributed by atoms with van der Waals surface area (Å²) in [5.74, 6) is 0. The number of benzene rings is 2. The van der Waals surface area contributed by atoms with Crippen LogP contribution in [0, 0.1) is 0 Å². The number of anilines is 1. The maximum absolute atomic E-state index is 12.3. The van der Waals surface area contributed by atoms with Crippen molar-refractivity contribution < 1.29 is 13.5 Å². The fraction of sp³-hybridized carbons (Fsp3) is 0.250. The first-order valence-corrected chi connectivity index (χ1v) is 8.41. The molecule has 4 nitrogen and oxygen atoms in total. The van der Waals surface area contributed by atoms with Crippen molar-refractivity contribution in [2.75, 3.05) is 4.72 Å². The summed E-state index contributed by atoms with van der Waals surface area (Å²) in [6, 6.07) is 11.9. The van der Waals surface area contributed by atoms with E-state index in [1.807, 2.05) is 18.2 Å². The van der Waals surface area contributed by atoms with E-state index in [2.05, 4.69) is 4.72 Å². The van der Waals surface area contributed by atoms with Crippen LogP contribution in [0.25, 0.3) is 0 Å². The van der Waals surface area contributed by atoms with Gasteiger partial charge in [0.1, 0.15) is 0 Å². The SMILES string of the molecule is O=S(=O)(Nc1ccc2c(c1)CCC2)c1ccc(CO)cc1. The smallest absolute Gasteiger partial charge is 0.261 e. The molecule has 0 aliphatic heterocycles. The molecule has 0 aromatic heterocycles. The van der Waals surface area contributed by atoms with Crippen LogP contribution in [0.1, 0.15) is 23.1 Å². The maximum atomic E-state index is 12.3. The molecule has 2 aromatic rings. The lowest BCUT2D eigenvalue weighted by atomic mass is 10.1. The van der Waals surface area contributed by atoms with E-state index >= 15 is 0 Å². The predicted octanol–water partition coefficient (Wildman–Crippen LogP) is 2.47. The summed E-state index contributed by atoms with van der Waals surface area (Å²) < 4.78 is 27.3. The van der Waals surface area contributed by atoms with E-state index in [9.17, 15) is 8.42 Å². The van der Waals surface area contributed by atoms with Gasteiger partial charge in [-0.05, 0) is 60.2 Å². The Kier molecular flexibility index (Phi) is 3.69. The largest absolute Gasteiger partial charge is 0.392 e. The van der Waals surface area contributed by atoms with E-state index in [0.29, 0.717) is 11.3 Å². The first kappa shape index (κ1) is 14.1. The summed E-state index contributed by atoms with van der Waals surface area (Å²) in [6.07, 6.45) is 3.22. The topological polar surface area (TPSA) is 66.4 Å². The fourth-order valence-corrected chi connectivity index (χ4v) is 3.67. The van der Waals surface area contributed by atoms with Crippen LogP contribution in [0.5, 0.6) is 0 Å². The Morgan fingerprint density at radius 1 is 1.00 bits per heavy atom. The molecule has 0 unspecified atom stereocenters. The molecule has 5 heteroatoms. The van der Waals surface area contributed by atoms with E-state index in [4.69, 9.17) is 5.11 Å². The molecule has 0 heterocycles. The molecular weight excluding hydrogens is 286 g/mol. The number of nitrogens with one attached hydrogen (secondary N) is 1. The van der Waals surface area contributed by atoms with Crippen LogP contribution in [-0.2, 0) is 29.5 Å². The highest BCUT2D eigenvalue weighted by Crippen LogP contribution is 2.26. The van der Waals surface area contributed by atoms with Gasteiger partial charge in [-0.15, -0.1) is 0 Å². The van der Waals surface area contributed by atoms with Crippen LogP contribution in [0.4, 0.5) is 5.69 Å². The number of aryl methyl sites for hydroxylation is 2. The molecule has 0 bridgehead atoms. The standard InChI is InChI=1S/C16H17NO3S/c18-11-12-4-8-16(9-5-12)21(19,20)17-15-7-6-13-2-1-3-14(13)10-15/h4-10,17-18H,1-3,11H2. The van der Waals surface area contributed by atoms with E-state index in [1.54, 1.807) is 12.1 Å². The number of fused-ring (bicyclic) bond motifs is 1. The number of aliphatic hydroxyl groups is 1. The zero-order valence-electron chi connectivity index (χ0n) is 11.5. The minimum atomic E-state index is -3.59. The van der Waals surface area contributed by atoms with Crippen LogP contribution in [0.3, 0.4) is 0 Å². The van der Waals surface area contributed by atoms with Crippen LogP contribution in [0.2, 0.25) is 0 Å². The number of hydrogen-bond acceptors (Lipinski definition) is 3. The molecule has 0 fully saturated rings. The second-order valence-corrected chi connectivity index (χ2v) is 6.93. The molecule has 21 heavy (non-hydrogen) atoms. The molecule has 1 aliphatic carbocycles. The summed E-state index contributed by atoms with van der Waals surface area (Å²) in [6.45, 7) is -0.0986. The molecule has 0 spiro atoms. The van der Waals surface area contributed by atoms with E-state index in [-0.39, 0.29) is 11.5 Å². The lowest BCUT2D eigenvalue weighted by Gasteiger charge is -2.10. The Bertz CT molecular complexity index is 752. The molecule has 0 radical (unpaired) electrons. The zero-order valence-corrected chi connectivity index (χ0v) is 12.4. The van der Waals surface area contributed by atoms with Gasteiger partial charge in [-0.3, -0.25) is 4.72 Å². The summed E-state index contributed by atoms with van der Waals surface area (Å²) in [5, 5.41) is 8.99. The van der Waals surface area contributed by atoms with Crippen LogP contribution < -0.4 is 4.72 Å². The average Bonchev–Trinajstić information content (AvgIpc) is 2.94. The van der Waals surface area contributed by atoms with Gasteiger partial charge in [0, 0.05) is 5.69 Å². The summed E-state index contributed by atoms with van der Waals surface area (Å²) in [5.41, 5.74) is 3.82. The summed E-state index contributed by atoms with van der Waals surface area (Å²) in [7, 11) is -3.59. The third-order valence-corrected chi connectivity index (χ3v) is 5.16. The van der Waals surface area contributed by atoms with Gasteiger partial charge < -0.3 is 5.11 Å². The number of hydrogen-bond donors (Lipinski definition) is 2. The van der Waals surface area contributed by atoms with Gasteiger partial charge in [0.15, 0.2) is 0 Å². The zero-order chi connectivity index (χ0) is 14.9. The number of rotatable bonds is 4. The minimum absolute atomic E-state index is 0.0986. The molecule has 2 aromatic carbocycles. The third kappa shape index (κ3) is 2.94. The van der Waals surface area contributed by atoms with E-state index in [1.165, 1.54) is 23.3 Å². The Morgan fingerprint density at radius 3 is 2.43 bits per heavy atom. The predicted molar refractivity (Wildman–Crippen MR) is 81.6 cm³/mol. The lowest BCUT2D eigenvalue weighted by Crippen LogP contribution is -2.13. The van der Waals surface area contributed by atoms with Crippen molar-refractivity contribution in [1.82, 2.24) is 0 Å². The molecule has 1 aliphatic rings. The van der Waals surface area contributed by atoms with Gasteiger partial charge in [-0.2, -0.15) is 0 Å². The molecule has 0 saturated carbocycles. The van der Waals surface area contributed by atoms with Gasteiger partial charge in [0.2, 0.25) is 0 Å². The summed E-state index contributed by atoms with van der Waals surface area (Å²) in [4.78, 5) is 0.195. The molecular formula is C16H17NO3S. The van der Waals surface area contributed by atoms with Crippen molar-refractivity contribution in [2.24, 2.45) is 0 Å². The first-order chi connectivity index (χ1) is 10.1. The molecule has 0 atom stereocenters. The van der Waals surface area contributed by atoms with Gasteiger partial charge in [0.25, 0.3) is 10.0 Å². The highest BCUT2D eigenvalue weighted by molar-refractivity contribution is 7.92. The van der Waals surface area contributed by atoms with Gasteiger partial charge in [0.05, 0.1) is 11.5 Å². The quantitative estimate of drug-likeness (QED) is 0.912. The van der Waals surface area contributed by atoms with Crippen molar-refractivity contribution >= 4 is 15.7 Å². The average molecular weight is 303 g/mol. The van der Waals surface area contributed by atoms with Gasteiger partial charge >= 0.3 is 0 Å². The monoisotopic (exact) mass is 303 g/mol. The second kappa shape index (κ2) is 5.50. The van der Waals surface area contributed by atoms with Crippen molar-refractivity contribution in [2.45, 2.75) is 30.8 Å². The molecule has 110 valence electrons. The molecule has 3 rings (SSSR count). The highest BCUT2D eigenvalue weighted by Gasteiger charge is 2.16. The summed E-state index contributed by atoms with van der Waals surface area (Å²) >= 11 is 0.